The normalized spacial score (nSPS) is 11.1. The van der Waals surface area contributed by atoms with Gasteiger partial charge in [0.25, 0.3) is 0 Å². The van der Waals surface area contributed by atoms with E-state index in [1.165, 1.54) is 6.92 Å². The van der Waals surface area contributed by atoms with Gasteiger partial charge in [0.1, 0.15) is 19.1 Å². The van der Waals surface area contributed by atoms with Gasteiger partial charge in [0.15, 0.2) is 0 Å². The molecule has 7 nitrogen and oxygen atoms in total. The van der Waals surface area contributed by atoms with Crippen LogP contribution in [0.25, 0.3) is 11.0 Å². The summed E-state index contributed by atoms with van der Waals surface area (Å²) < 4.78 is 7.78. The lowest BCUT2D eigenvalue weighted by atomic mass is 10.0. The van der Waals surface area contributed by atoms with Crippen LogP contribution in [0.3, 0.4) is 0 Å². The standard InChI is InChI=1S/C28H38N4O3/c1-5-23-14-12-13-21(3)28(23)32(20-35-6-2)27(34)19-31-25-16-10-9-15-24(25)30-26(31)17-8-7-11-18-29-22(4)33/h9-10,12-16H,5-8,11,17-20H2,1-4H3,(H,29,33). The molecule has 1 aromatic heterocycles. The molecule has 0 aliphatic heterocycles. The predicted octanol–water partition coefficient (Wildman–Crippen LogP) is 4.78. The number of nitrogens with zero attached hydrogens (tertiary/aromatic N) is 3. The van der Waals surface area contributed by atoms with Crippen LogP contribution in [0.15, 0.2) is 42.5 Å². The van der Waals surface area contributed by atoms with Gasteiger partial charge in [-0.25, -0.2) is 4.98 Å². The lowest BCUT2D eigenvalue weighted by Gasteiger charge is -2.27. The van der Waals surface area contributed by atoms with Crippen molar-refractivity contribution in [1.82, 2.24) is 14.9 Å². The van der Waals surface area contributed by atoms with Crippen LogP contribution in [-0.4, -0.2) is 41.2 Å². The highest BCUT2D eigenvalue weighted by atomic mass is 16.5. The average molecular weight is 479 g/mol. The number of imidazole rings is 1. The first-order valence-corrected chi connectivity index (χ1v) is 12.6. The number of fused-ring (bicyclic) bond motifs is 1. The number of hydrogen-bond acceptors (Lipinski definition) is 4. The lowest BCUT2D eigenvalue weighted by molar-refractivity contribution is -0.120. The van der Waals surface area contributed by atoms with E-state index in [1.807, 2.05) is 54.8 Å². The summed E-state index contributed by atoms with van der Waals surface area (Å²) in [5, 5.41) is 2.84. The zero-order valence-electron chi connectivity index (χ0n) is 21.5. The van der Waals surface area contributed by atoms with Crippen molar-refractivity contribution in [2.24, 2.45) is 0 Å². The second-order valence-electron chi connectivity index (χ2n) is 8.78. The Hall–Kier alpha value is -3.19. The first kappa shape index (κ1) is 26.4. The second-order valence-corrected chi connectivity index (χ2v) is 8.78. The lowest BCUT2D eigenvalue weighted by Crippen LogP contribution is -2.37. The minimum atomic E-state index is -0.0162. The molecule has 0 atom stereocenters. The van der Waals surface area contributed by atoms with Gasteiger partial charge in [-0.3, -0.25) is 14.5 Å². The molecule has 0 aliphatic carbocycles. The van der Waals surface area contributed by atoms with Crippen molar-refractivity contribution in [2.75, 3.05) is 24.8 Å². The number of unbranched alkanes of at least 4 members (excludes halogenated alkanes) is 2. The van der Waals surface area contributed by atoms with Crippen molar-refractivity contribution >= 4 is 28.5 Å². The number of aromatic nitrogens is 2. The van der Waals surface area contributed by atoms with Crippen LogP contribution in [0.4, 0.5) is 5.69 Å². The topological polar surface area (TPSA) is 76.5 Å². The third kappa shape index (κ3) is 6.92. The van der Waals surface area contributed by atoms with Crippen LogP contribution < -0.4 is 10.2 Å². The molecule has 2 amide bonds. The molecule has 3 rings (SSSR count). The summed E-state index contributed by atoms with van der Waals surface area (Å²) in [5.74, 6) is 0.898. The van der Waals surface area contributed by atoms with E-state index in [0.717, 1.165) is 65.8 Å². The first-order chi connectivity index (χ1) is 17.0. The fourth-order valence-corrected chi connectivity index (χ4v) is 4.40. The molecule has 0 saturated carbocycles. The van der Waals surface area contributed by atoms with Crippen LogP contribution in [-0.2, 0) is 33.7 Å². The maximum atomic E-state index is 13.8. The molecular weight excluding hydrogens is 440 g/mol. The van der Waals surface area contributed by atoms with Crippen LogP contribution >= 0.6 is 0 Å². The molecule has 35 heavy (non-hydrogen) atoms. The van der Waals surface area contributed by atoms with Gasteiger partial charge in [0, 0.05) is 26.5 Å². The van der Waals surface area contributed by atoms with Gasteiger partial charge in [-0.2, -0.15) is 0 Å². The smallest absolute Gasteiger partial charge is 0.248 e. The third-order valence-electron chi connectivity index (χ3n) is 6.18. The highest BCUT2D eigenvalue weighted by molar-refractivity contribution is 5.95. The van der Waals surface area contributed by atoms with Gasteiger partial charge in [-0.15, -0.1) is 0 Å². The Morgan fingerprint density at radius 1 is 1.06 bits per heavy atom. The van der Waals surface area contributed by atoms with Crippen molar-refractivity contribution in [3.63, 3.8) is 0 Å². The van der Waals surface area contributed by atoms with E-state index in [2.05, 4.69) is 18.3 Å². The minimum absolute atomic E-state index is 0.00166. The van der Waals surface area contributed by atoms with E-state index in [4.69, 9.17) is 9.72 Å². The Morgan fingerprint density at radius 2 is 1.86 bits per heavy atom. The van der Waals surface area contributed by atoms with Crippen molar-refractivity contribution < 1.29 is 14.3 Å². The number of carbonyl (C=O) groups is 2. The summed E-state index contributed by atoms with van der Waals surface area (Å²) in [5.41, 5.74) is 5.00. The number of carbonyl (C=O) groups excluding carboxylic acids is 2. The number of hydrogen-bond donors (Lipinski definition) is 1. The van der Waals surface area contributed by atoms with Crippen molar-refractivity contribution in [2.45, 2.75) is 66.3 Å². The van der Waals surface area contributed by atoms with Crippen LogP contribution in [0.2, 0.25) is 0 Å². The maximum Gasteiger partial charge on any atom is 0.248 e. The molecule has 0 bridgehead atoms. The van der Waals surface area contributed by atoms with Gasteiger partial charge in [0.05, 0.1) is 16.7 Å². The van der Waals surface area contributed by atoms with E-state index < -0.39 is 0 Å². The molecule has 3 aromatic rings. The largest absolute Gasteiger partial charge is 0.361 e. The van der Waals surface area contributed by atoms with E-state index in [-0.39, 0.29) is 25.1 Å². The van der Waals surface area contributed by atoms with Crippen molar-refractivity contribution in [1.29, 1.82) is 0 Å². The summed E-state index contributed by atoms with van der Waals surface area (Å²) in [4.78, 5) is 31.5. The van der Waals surface area contributed by atoms with Gasteiger partial charge in [-0.05, 0) is 56.4 Å². The molecule has 1 heterocycles. The summed E-state index contributed by atoms with van der Waals surface area (Å²) in [7, 11) is 0. The molecular formula is C28H38N4O3. The number of amides is 2. The van der Waals surface area contributed by atoms with E-state index in [0.29, 0.717) is 13.2 Å². The van der Waals surface area contributed by atoms with Crippen LogP contribution in [0, 0.1) is 6.92 Å². The van der Waals surface area contributed by atoms with Gasteiger partial charge < -0.3 is 14.6 Å². The third-order valence-corrected chi connectivity index (χ3v) is 6.18. The van der Waals surface area contributed by atoms with E-state index in [9.17, 15) is 9.59 Å². The van der Waals surface area contributed by atoms with E-state index in [1.54, 1.807) is 4.90 Å². The Balaban J connectivity index is 1.84. The van der Waals surface area contributed by atoms with Crippen molar-refractivity contribution in [3.8, 4) is 0 Å². The van der Waals surface area contributed by atoms with Crippen LogP contribution in [0.1, 0.15) is 57.0 Å². The highest BCUT2D eigenvalue weighted by Gasteiger charge is 2.23. The average Bonchev–Trinajstić information content (AvgIpc) is 3.19. The molecule has 0 unspecified atom stereocenters. The summed E-state index contributed by atoms with van der Waals surface area (Å²) in [6.45, 7) is 9.27. The number of ether oxygens (including phenoxy) is 1. The number of benzene rings is 2. The fourth-order valence-electron chi connectivity index (χ4n) is 4.40. The number of rotatable bonds is 13. The quantitative estimate of drug-likeness (QED) is 0.283. The van der Waals surface area contributed by atoms with Gasteiger partial charge in [-0.1, -0.05) is 43.7 Å². The van der Waals surface area contributed by atoms with Crippen LogP contribution in [0.5, 0.6) is 0 Å². The Kier molecular flexibility index (Phi) is 9.85. The second kappa shape index (κ2) is 13.0. The molecule has 7 heteroatoms. The summed E-state index contributed by atoms with van der Waals surface area (Å²) >= 11 is 0. The summed E-state index contributed by atoms with van der Waals surface area (Å²) in [6.07, 6.45) is 4.46. The summed E-state index contributed by atoms with van der Waals surface area (Å²) in [6, 6.07) is 14.1. The highest BCUT2D eigenvalue weighted by Crippen LogP contribution is 2.27. The minimum Gasteiger partial charge on any atom is -0.361 e. The number of para-hydroxylation sites is 3. The van der Waals surface area contributed by atoms with Crippen molar-refractivity contribution in [3.05, 3.63) is 59.4 Å². The molecule has 0 fully saturated rings. The zero-order valence-corrected chi connectivity index (χ0v) is 21.5. The number of nitrogens with one attached hydrogen (secondary N) is 1. The Labute approximate surface area is 208 Å². The zero-order chi connectivity index (χ0) is 25.2. The molecule has 0 spiro atoms. The molecule has 0 radical (unpaired) electrons. The molecule has 0 saturated heterocycles. The maximum absolute atomic E-state index is 13.8. The SMILES string of the molecule is CCOCN(C(=O)Cn1c(CCCCCNC(C)=O)nc2ccccc21)c1c(C)cccc1CC. The molecule has 2 aromatic carbocycles. The van der Waals surface area contributed by atoms with Gasteiger partial charge in [0.2, 0.25) is 11.8 Å². The van der Waals surface area contributed by atoms with E-state index >= 15 is 0 Å². The predicted molar refractivity (Wildman–Crippen MR) is 141 cm³/mol. The first-order valence-electron chi connectivity index (χ1n) is 12.6. The fraction of sp³-hybridized carbons (Fsp3) is 0.464. The van der Waals surface area contributed by atoms with Gasteiger partial charge >= 0.3 is 0 Å². The molecule has 188 valence electrons. The number of anilines is 1. The molecule has 1 N–H and O–H groups in total. The Morgan fingerprint density at radius 3 is 2.60 bits per heavy atom. The monoisotopic (exact) mass is 478 g/mol. The number of aryl methyl sites for hydroxylation is 3. The Bertz CT molecular complexity index is 1140. The molecule has 0 aliphatic rings.